The molecule has 1 heterocycles. The first-order valence-electron chi connectivity index (χ1n) is 7.26. The molecule has 1 saturated carbocycles. The van der Waals surface area contributed by atoms with Crippen LogP contribution in [0.5, 0.6) is 6.01 Å². The SMILES string of the molecule is CCCOc1nc(NN)nc(N(CC(C)C)C2CC2)n1. The first-order valence-corrected chi connectivity index (χ1v) is 7.26. The number of nitrogens with two attached hydrogens (primary N) is 1. The van der Waals surface area contributed by atoms with Gasteiger partial charge in [-0.2, -0.15) is 15.0 Å². The number of hydrazine groups is 1. The van der Waals surface area contributed by atoms with Crippen LogP contribution in [-0.4, -0.2) is 34.1 Å². The Morgan fingerprint density at radius 1 is 1.35 bits per heavy atom. The lowest BCUT2D eigenvalue weighted by atomic mass is 10.2. The molecule has 1 aliphatic carbocycles. The number of hydrogen-bond acceptors (Lipinski definition) is 7. The van der Waals surface area contributed by atoms with Gasteiger partial charge < -0.3 is 9.64 Å². The van der Waals surface area contributed by atoms with Gasteiger partial charge in [-0.3, -0.25) is 5.43 Å². The van der Waals surface area contributed by atoms with Crippen molar-refractivity contribution >= 4 is 11.9 Å². The largest absolute Gasteiger partial charge is 0.463 e. The molecule has 2 rings (SSSR count). The van der Waals surface area contributed by atoms with E-state index in [-0.39, 0.29) is 0 Å². The van der Waals surface area contributed by atoms with Crippen LogP contribution in [0.15, 0.2) is 0 Å². The quantitative estimate of drug-likeness (QED) is 0.552. The summed E-state index contributed by atoms with van der Waals surface area (Å²) in [4.78, 5) is 15.1. The topological polar surface area (TPSA) is 89.2 Å². The summed E-state index contributed by atoms with van der Waals surface area (Å²) in [6.07, 6.45) is 3.29. The van der Waals surface area contributed by atoms with E-state index < -0.39 is 0 Å². The zero-order valence-electron chi connectivity index (χ0n) is 12.5. The molecule has 0 amide bonds. The molecule has 7 heteroatoms. The van der Waals surface area contributed by atoms with Gasteiger partial charge in [-0.15, -0.1) is 0 Å². The lowest BCUT2D eigenvalue weighted by Crippen LogP contribution is -2.32. The molecule has 0 atom stereocenters. The maximum atomic E-state index is 5.51. The first-order chi connectivity index (χ1) is 9.63. The van der Waals surface area contributed by atoms with Crippen molar-refractivity contribution in [2.24, 2.45) is 11.8 Å². The highest BCUT2D eigenvalue weighted by molar-refractivity contribution is 5.40. The molecule has 1 aromatic heterocycles. The van der Waals surface area contributed by atoms with E-state index in [2.05, 4.69) is 39.1 Å². The normalized spacial score (nSPS) is 14.4. The Morgan fingerprint density at radius 3 is 2.65 bits per heavy atom. The number of nitrogens with one attached hydrogen (secondary N) is 1. The molecule has 1 aliphatic rings. The number of rotatable bonds is 8. The van der Waals surface area contributed by atoms with Gasteiger partial charge in [-0.25, -0.2) is 5.84 Å². The molecular formula is C13H24N6O. The van der Waals surface area contributed by atoms with Gasteiger partial charge in [0.1, 0.15) is 0 Å². The highest BCUT2D eigenvalue weighted by atomic mass is 16.5. The van der Waals surface area contributed by atoms with Crippen LogP contribution >= 0.6 is 0 Å². The van der Waals surface area contributed by atoms with Crippen molar-refractivity contribution in [2.75, 3.05) is 23.5 Å². The minimum absolute atomic E-state index is 0.333. The fraction of sp³-hybridized carbons (Fsp3) is 0.769. The van der Waals surface area contributed by atoms with Gasteiger partial charge in [0.15, 0.2) is 0 Å². The minimum atomic E-state index is 0.333. The molecule has 0 aliphatic heterocycles. The second-order valence-electron chi connectivity index (χ2n) is 5.51. The third kappa shape index (κ3) is 3.93. The summed E-state index contributed by atoms with van der Waals surface area (Å²) >= 11 is 0. The second kappa shape index (κ2) is 6.69. The molecular weight excluding hydrogens is 256 g/mol. The van der Waals surface area contributed by atoms with Gasteiger partial charge >= 0.3 is 6.01 Å². The third-order valence-corrected chi connectivity index (χ3v) is 2.97. The molecule has 0 saturated heterocycles. The highest BCUT2D eigenvalue weighted by Crippen LogP contribution is 2.31. The van der Waals surface area contributed by atoms with Crippen molar-refractivity contribution in [2.45, 2.75) is 46.1 Å². The zero-order chi connectivity index (χ0) is 14.5. The van der Waals surface area contributed by atoms with E-state index in [9.17, 15) is 0 Å². The third-order valence-electron chi connectivity index (χ3n) is 2.97. The minimum Gasteiger partial charge on any atom is -0.463 e. The summed E-state index contributed by atoms with van der Waals surface area (Å²) in [5.74, 6) is 6.97. The monoisotopic (exact) mass is 280 g/mol. The second-order valence-corrected chi connectivity index (χ2v) is 5.51. The lowest BCUT2D eigenvalue weighted by Gasteiger charge is -2.24. The van der Waals surface area contributed by atoms with E-state index in [0.717, 1.165) is 13.0 Å². The van der Waals surface area contributed by atoms with Crippen LogP contribution in [0.4, 0.5) is 11.9 Å². The Morgan fingerprint density at radius 2 is 2.10 bits per heavy atom. The molecule has 0 spiro atoms. The Labute approximate surface area is 119 Å². The smallest absolute Gasteiger partial charge is 0.323 e. The number of hydrogen-bond donors (Lipinski definition) is 2. The van der Waals surface area contributed by atoms with Crippen LogP contribution in [-0.2, 0) is 0 Å². The Kier molecular flexibility index (Phi) is 4.94. The summed E-state index contributed by atoms with van der Waals surface area (Å²) in [5.41, 5.74) is 2.48. The summed E-state index contributed by atoms with van der Waals surface area (Å²) in [7, 11) is 0. The van der Waals surface area contributed by atoms with Gasteiger partial charge in [0.2, 0.25) is 11.9 Å². The molecule has 7 nitrogen and oxygen atoms in total. The highest BCUT2D eigenvalue weighted by Gasteiger charge is 2.32. The summed E-state index contributed by atoms with van der Waals surface area (Å²) in [5, 5.41) is 0. The van der Waals surface area contributed by atoms with Crippen molar-refractivity contribution in [3.05, 3.63) is 0 Å². The molecule has 0 radical (unpaired) electrons. The van der Waals surface area contributed by atoms with Crippen molar-refractivity contribution in [3.8, 4) is 6.01 Å². The molecule has 0 aromatic carbocycles. The average molecular weight is 280 g/mol. The standard InChI is InChI=1S/C13H24N6O/c1-4-7-20-13-16-11(18-14)15-12(17-13)19(8-9(2)3)10-5-6-10/h9-10H,4-8,14H2,1-3H3,(H,15,16,17,18). The van der Waals surface area contributed by atoms with Crippen molar-refractivity contribution in [3.63, 3.8) is 0 Å². The summed E-state index contributed by atoms with van der Waals surface area (Å²) in [6.45, 7) is 7.92. The molecule has 112 valence electrons. The van der Waals surface area contributed by atoms with E-state index in [4.69, 9.17) is 10.6 Å². The molecule has 0 unspecified atom stereocenters. The maximum Gasteiger partial charge on any atom is 0.323 e. The van der Waals surface area contributed by atoms with E-state index >= 15 is 0 Å². The van der Waals surface area contributed by atoms with Crippen LogP contribution in [0, 0.1) is 5.92 Å². The van der Waals surface area contributed by atoms with E-state index in [1.54, 1.807) is 0 Å². The molecule has 20 heavy (non-hydrogen) atoms. The fourth-order valence-electron chi connectivity index (χ4n) is 1.97. The van der Waals surface area contributed by atoms with Gasteiger partial charge in [-0.05, 0) is 25.2 Å². The van der Waals surface area contributed by atoms with Crippen LogP contribution in [0.2, 0.25) is 0 Å². The number of nitrogens with zero attached hydrogens (tertiary/aromatic N) is 4. The Bertz CT molecular complexity index is 435. The zero-order valence-corrected chi connectivity index (χ0v) is 12.5. The van der Waals surface area contributed by atoms with Gasteiger partial charge in [-0.1, -0.05) is 20.8 Å². The maximum absolute atomic E-state index is 5.51. The van der Waals surface area contributed by atoms with Crippen LogP contribution in [0.25, 0.3) is 0 Å². The Balaban J connectivity index is 2.22. The van der Waals surface area contributed by atoms with E-state index in [1.807, 2.05) is 6.92 Å². The number of ether oxygens (including phenoxy) is 1. The van der Waals surface area contributed by atoms with Gasteiger partial charge in [0, 0.05) is 12.6 Å². The van der Waals surface area contributed by atoms with Gasteiger partial charge in [0.25, 0.3) is 0 Å². The predicted octanol–water partition coefficient (Wildman–Crippen LogP) is 1.57. The van der Waals surface area contributed by atoms with E-state index in [0.29, 0.717) is 36.5 Å². The fourth-order valence-corrected chi connectivity index (χ4v) is 1.97. The molecule has 3 N–H and O–H groups in total. The van der Waals surface area contributed by atoms with Crippen molar-refractivity contribution < 1.29 is 4.74 Å². The first kappa shape index (κ1) is 14.8. The van der Waals surface area contributed by atoms with Gasteiger partial charge in [0.05, 0.1) is 6.61 Å². The lowest BCUT2D eigenvalue weighted by molar-refractivity contribution is 0.291. The van der Waals surface area contributed by atoms with Crippen LogP contribution in [0.3, 0.4) is 0 Å². The van der Waals surface area contributed by atoms with E-state index in [1.165, 1.54) is 12.8 Å². The van der Waals surface area contributed by atoms with Crippen molar-refractivity contribution in [1.29, 1.82) is 0 Å². The number of nitrogen functional groups attached to an aromatic ring is 1. The average Bonchev–Trinajstić information content (AvgIpc) is 3.26. The predicted molar refractivity (Wildman–Crippen MR) is 78.6 cm³/mol. The van der Waals surface area contributed by atoms with Crippen LogP contribution < -0.4 is 20.9 Å². The number of aromatic nitrogens is 3. The number of anilines is 2. The molecule has 1 aromatic rings. The van der Waals surface area contributed by atoms with Crippen molar-refractivity contribution in [1.82, 2.24) is 15.0 Å². The summed E-state index contributed by atoms with van der Waals surface area (Å²) in [6, 6.07) is 0.864. The van der Waals surface area contributed by atoms with Crippen LogP contribution in [0.1, 0.15) is 40.0 Å². The molecule has 1 fully saturated rings. The Hall–Kier alpha value is -1.63. The molecule has 0 bridgehead atoms. The summed E-state index contributed by atoms with van der Waals surface area (Å²) < 4.78 is 5.51.